The zero-order valence-corrected chi connectivity index (χ0v) is 11.7. The highest BCUT2D eigenvalue weighted by molar-refractivity contribution is 5.84. The maximum absolute atomic E-state index is 12.3. The maximum atomic E-state index is 12.3. The topological polar surface area (TPSA) is 66.8 Å². The number of hydrogen-bond donors (Lipinski definition) is 1. The summed E-state index contributed by atoms with van der Waals surface area (Å²) in [6, 6.07) is 6.86. The highest BCUT2D eigenvalue weighted by atomic mass is 16.5. The van der Waals surface area contributed by atoms with E-state index in [0.717, 1.165) is 11.1 Å². The highest BCUT2D eigenvalue weighted by Crippen LogP contribution is 2.24. The van der Waals surface area contributed by atoms with Crippen LogP contribution in [0.3, 0.4) is 0 Å². The van der Waals surface area contributed by atoms with Gasteiger partial charge in [0, 0.05) is 20.1 Å². The van der Waals surface area contributed by atoms with Gasteiger partial charge in [0.1, 0.15) is 6.04 Å². The number of ether oxygens (including phenoxy) is 1. The van der Waals surface area contributed by atoms with Gasteiger partial charge in [-0.2, -0.15) is 0 Å². The minimum Gasteiger partial charge on any atom is -0.480 e. The SMILES string of the molecule is COC(C)CC(=O)N1Cc2ccccc2CC1C(=O)O. The fourth-order valence-electron chi connectivity index (χ4n) is 2.45. The van der Waals surface area contributed by atoms with Crippen molar-refractivity contribution in [1.82, 2.24) is 4.90 Å². The maximum Gasteiger partial charge on any atom is 0.326 e. The third kappa shape index (κ3) is 2.99. The van der Waals surface area contributed by atoms with E-state index < -0.39 is 12.0 Å². The van der Waals surface area contributed by atoms with Crippen LogP contribution in [0.2, 0.25) is 0 Å². The summed E-state index contributed by atoms with van der Waals surface area (Å²) in [7, 11) is 1.54. The normalized spacial score (nSPS) is 19.3. The molecule has 108 valence electrons. The van der Waals surface area contributed by atoms with Crippen LogP contribution in [-0.2, 0) is 27.3 Å². The van der Waals surface area contributed by atoms with Gasteiger partial charge < -0.3 is 14.7 Å². The summed E-state index contributed by atoms with van der Waals surface area (Å²) in [5.74, 6) is -1.14. The number of nitrogens with zero attached hydrogens (tertiary/aromatic N) is 1. The minimum absolute atomic E-state index is 0.179. The van der Waals surface area contributed by atoms with Gasteiger partial charge >= 0.3 is 5.97 Å². The van der Waals surface area contributed by atoms with Gasteiger partial charge in [-0.15, -0.1) is 0 Å². The molecule has 1 heterocycles. The fourth-order valence-corrected chi connectivity index (χ4v) is 2.45. The molecule has 5 heteroatoms. The first kappa shape index (κ1) is 14.5. The van der Waals surface area contributed by atoms with Crippen molar-refractivity contribution in [3.05, 3.63) is 35.4 Å². The number of fused-ring (bicyclic) bond motifs is 1. The summed E-state index contributed by atoms with van der Waals surface area (Å²) < 4.78 is 5.08. The molecule has 1 aliphatic heterocycles. The Kier molecular flexibility index (Phi) is 4.39. The van der Waals surface area contributed by atoms with Crippen molar-refractivity contribution in [1.29, 1.82) is 0 Å². The first-order valence-corrected chi connectivity index (χ1v) is 6.64. The van der Waals surface area contributed by atoms with Gasteiger partial charge in [-0.05, 0) is 18.1 Å². The Hall–Kier alpha value is -1.88. The first-order valence-electron chi connectivity index (χ1n) is 6.64. The number of aliphatic carboxylic acids is 1. The van der Waals surface area contributed by atoms with Crippen LogP contribution in [0.25, 0.3) is 0 Å². The molecule has 0 aliphatic carbocycles. The molecular weight excluding hydrogens is 258 g/mol. The van der Waals surface area contributed by atoms with E-state index in [0.29, 0.717) is 13.0 Å². The lowest BCUT2D eigenvalue weighted by molar-refractivity contribution is -0.152. The van der Waals surface area contributed by atoms with Crippen molar-refractivity contribution in [3.63, 3.8) is 0 Å². The predicted octanol–water partition coefficient (Wildman–Crippen LogP) is 1.45. The van der Waals surface area contributed by atoms with Gasteiger partial charge in [0.25, 0.3) is 0 Å². The van der Waals surface area contributed by atoms with Gasteiger partial charge in [0.05, 0.1) is 12.5 Å². The Morgan fingerprint density at radius 1 is 1.40 bits per heavy atom. The Morgan fingerprint density at radius 3 is 2.65 bits per heavy atom. The van der Waals surface area contributed by atoms with E-state index in [1.165, 1.54) is 12.0 Å². The third-order valence-corrected chi connectivity index (χ3v) is 3.72. The van der Waals surface area contributed by atoms with Crippen LogP contribution in [0.15, 0.2) is 24.3 Å². The van der Waals surface area contributed by atoms with Gasteiger partial charge in [0.2, 0.25) is 5.91 Å². The van der Waals surface area contributed by atoms with Gasteiger partial charge in [0.15, 0.2) is 0 Å². The van der Waals surface area contributed by atoms with Crippen LogP contribution < -0.4 is 0 Å². The van der Waals surface area contributed by atoms with Crippen molar-refractivity contribution in [2.75, 3.05) is 7.11 Å². The zero-order valence-electron chi connectivity index (χ0n) is 11.7. The molecule has 0 aromatic heterocycles. The number of benzene rings is 1. The largest absolute Gasteiger partial charge is 0.480 e. The van der Waals surface area contributed by atoms with Crippen LogP contribution in [0.5, 0.6) is 0 Å². The lowest BCUT2D eigenvalue weighted by atomic mass is 9.93. The smallest absolute Gasteiger partial charge is 0.326 e. The van der Waals surface area contributed by atoms with Gasteiger partial charge in [-0.1, -0.05) is 24.3 Å². The lowest BCUT2D eigenvalue weighted by Gasteiger charge is -2.35. The summed E-state index contributed by atoms with van der Waals surface area (Å²) in [4.78, 5) is 25.1. The van der Waals surface area contributed by atoms with Gasteiger partial charge in [-0.25, -0.2) is 4.79 Å². The van der Waals surface area contributed by atoms with Crippen molar-refractivity contribution >= 4 is 11.9 Å². The number of rotatable bonds is 4. The number of carboxylic acid groups (broad SMARTS) is 1. The number of carboxylic acids is 1. The Morgan fingerprint density at radius 2 is 2.05 bits per heavy atom. The quantitative estimate of drug-likeness (QED) is 0.904. The molecule has 0 saturated carbocycles. The minimum atomic E-state index is -0.960. The number of carbonyl (C=O) groups excluding carboxylic acids is 1. The lowest BCUT2D eigenvalue weighted by Crippen LogP contribution is -2.49. The van der Waals surface area contributed by atoms with Crippen molar-refractivity contribution in [3.8, 4) is 0 Å². The standard InChI is InChI=1S/C15H19NO4/c1-10(20-2)7-14(17)16-9-12-6-4-3-5-11(12)8-13(16)15(18)19/h3-6,10,13H,7-9H2,1-2H3,(H,18,19). The molecule has 5 nitrogen and oxygen atoms in total. The van der Waals surface area contributed by atoms with Gasteiger partial charge in [-0.3, -0.25) is 4.79 Å². The van der Waals surface area contributed by atoms with E-state index in [4.69, 9.17) is 4.74 Å². The van der Waals surface area contributed by atoms with Crippen LogP contribution >= 0.6 is 0 Å². The molecule has 1 aromatic carbocycles. The van der Waals surface area contributed by atoms with E-state index in [9.17, 15) is 14.7 Å². The second kappa shape index (κ2) is 6.05. The summed E-state index contributed by atoms with van der Waals surface area (Å²) >= 11 is 0. The van der Waals surface area contributed by atoms with E-state index in [-0.39, 0.29) is 18.4 Å². The van der Waals surface area contributed by atoms with Crippen molar-refractivity contribution in [2.24, 2.45) is 0 Å². The van der Waals surface area contributed by atoms with Crippen LogP contribution in [0.4, 0.5) is 0 Å². The molecule has 0 fully saturated rings. The molecule has 0 bridgehead atoms. The molecule has 1 N–H and O–H groups in total. The van der Waals surface area contributed by atoms with Crippen molar-refractivity contribution < 1.29 is 19.4 Å². The first-order chi connectivity index (χ1) is 9.52. The Labute approximate surface area is 118 Å². The van der Waals surface area contributed by atoms with Crippen LogP contribution in [0, 0.1) is 0 Å². The average Bonchev–Trinajstić information content (AvgIpc) is 2.45. The zero-order chi connectivity index (χ0) is 14.7. The summed E-state index contributed by atoms with van der Waals surface area (Å²) in [6.45, 7) is 2.15. The predicted molar refractivity (Wildman–Crippen MR) is 73.2 cm³/mol. The summed E-state index contributed by atoms with van der Waals surface area (Å²) in [5, 5.41) is 9.35. The molecule has 2 rings (SSSR count). The summed E-state index contributed by atoms with van der Waals surface area (Å²) in [6.07, 6.45) is 0.343. The van der Waals surface area contributed by atoms with E-state index in [1.807, 2.05) is 24.3 Å². The van der Waals surface area contributed by atoms with E-state index >= 15 is 0 Å². The van der Waals surface area contributed by atoms with E-state index in [1.54, 1.807) is 6.92 Å². The second-order valence-electron chi connectivity index (χ2n) is 5.10. The Bertz CT molecular complexity index is 514. The molecule has 0 radical (unpaired) electrons. The monoisotopic (exact) mass is 277 g/mol. The molecule has 1 amide bonds. The summed E-state index contributed by atoms with van der Waals surface area (Å²) in [5.41, 5.74) is 2.02. The number of carbonyl (C=O) groups is 2. The van der Waals surface area contributed by atoms with Crippen molar-refractivity contribution in [2.45, 2.75) is 38.5 Å². The molecule has 1 aliphatic rings. The molecule has 2 atom stereocenters. The van der Waals surface area contributed by atoms with Crippen LogP contribution in [-0.4, -0.2) is 41.1 Å². The molecule has 0 saturated heterocycles. The van der Waals surface area contributed by atoms with Crippen LogP contribution in [0.1, 0.15) is 24.5 Å². The number of amides is 1. The molecule has 20 heavy (non-hydrogen) atoms. The number of hydrogen-bond acceptors (Lipinski definition) is 3. The second-order valence-corrected chi connectivity index (χ2v) is 5.10. The molecule has 2 unspecified atom stereocenters. The Balaban J connectivity index is 2.22. The molecular formula is C15H19NO4. The average molecular weight is 277 g/mol. The molecule has 0 spiro atoms. The fraction of sp³-hybridized carbons (Fsp3) is 0.467. The van der Waals surface area contributed by atoms with E-state index in [2.05, 4.69) is 0 Å². The number of methoxy groups -OCH3 is 1. The highest BCUT2D eigenvalue weighted by Gasteiger charge is 2.34. The third-order valence-electron chi connectivity index (χ3n) is 3.72. The molecule has 1 aromatic rings.